The molecule has 2 amide bonds. The molecule has 0 aliphatic heterocycles. The van der Waals surface area contributed by atoms with Crippen molar-refractivity contribution >= 4 is 24.2 Å². The first-order chi connectivity index (χ1) is 9.67. The molecular formula is C14H20ClN3O3. The molecule has 7 heteroatoms. The van der Waals surface area contributed by atoms with Crippen LogP contribution in [0.15, 0.2) is 36.9 Å². The van der Waals surface area contributed by atoms with Crippen molar-refractivity contribution in [1.82, 2.24) is 10.6 Å². The van der Waals surface area contributed by atoms with Crippen LogP contribution in [0, 0.1) is 0 Å². The number of amides is 2. The van der Waals surface area contributed by atoms with E-state index in [1.54, 1.807) is 6.08 Å². The minimum absolute atomic E-state index is 0. The van der Waals surface area contributed by atoms with Gasteiger partial charge in [-0.1, -0.05) is 30.9 Å². The third kappa shape index (κ3) is 7.34. The minimum Gasteiger partial charge on any atom is -0.489 e. The summed E-state index contributed by atoms with van der Waals surface area (Å²) in [5.41, 5.74) is 5.98. The Morgan fingerprint density at radius 2 is 1.95 bits per heavy atom. The van der Waals surface area contributed by atoms with Gasteiger partial charge in [0.2, 0.25) is 11.8 Å². The molecule has 1 aromatic carbocycles. The summed E-state index contributed by atoms with van der Waals surface area (Å²) < 4.78 is 5.48. The van der Waals surface area contributed by atoms with Crippen LogP contribution in [0.2, 0.25) is 0 Å². The van der Waals surface area contributed by atoms with E-state index in [1.807, 2.05) is 24.3 Å². The fourth-order valence-corrected chi connectivity index (χ4v) is 1.45. The lowest BCUT2D eigenvalue weighted by atomic mass is 10.2. The van der Waals surface area contributed by atoms with Crippen LogP contribution in [-0.2, 0) is 16.1 Å². The van der Waals surface area contributed by atoms with Crippen molar-refractivity contribution in [3.8, 4) is 5.75 Å². The van der Waals surface area contributed by atoms with E-state index < -0.39 is 0 Å². The lowest BCUT2D eigenvalue weighted by Gasteiger charge is -2.11. The summed E-state index contributed by atoms with van der Waals surface area (Å²) in [6.45, 7) is 4.08. The predicted molar refractivity (Wildman–Crippen MR) is 83.3 cm³/mol. The van der Waals surface area contributed by atoms with Gasteiger partial charge in [0.1, 0.15) is 12.4 Å². The maximum Gasteiger partial charge on any atom is 0.239 e. The van der Waals surface area contributed by atoms with Crippen molar-refractivity contribution in [3.05, 3.63) is 42.5 Å². The lowest BCUT2D eigenvalue weighted by Crippen LogP contribution is -2.39. The number of nitrogens with two attached hydrogens (primary N) is 1. The van der Waals surface area contributed by atoms with Gasteiger partial charge in [0.05, 0.1) is 13.1 Å². The number of benzene rings is 1. The zero-order valence-corrected chi connectivity index (χ0v) is 12.4. The second-order valence-corrected chi connectivity index (χ2v) is 3.96. The summed E-state index contributed by atoms with van der Waals surface area (Å²) in [5.74, 6) is 0.0406. The highest BCUT2D eigenvalue weighted by atomic mass is 35.5. The van der Waals surface area contributed by atoms with Gasteiger partial charge in [0, 0.05) is 12.1 Å². The second-order valence-electron chi connectivity index (χ2n) is 3.96. The van der Waals surface area contributed by atoms with Crippen LogP contribution < -0.4 is 21.1 Å². The summed E-state index contributed by atoms with van der Waals surface area (Å²) in [5, 5.41) is 5.09. The average molecular weight is 314 g/mol. The van der Waals surface area contributed by atoms with E-state index >= 15 is 0 Å². The first kappa shape index (κ1) is 18.9. The number of hydrogen-bond acceptors (Lipinski definition) is 4. The molecule has 0 aromatic heterocycles. The smallest absolute Gasteiger partial charge is 0.239 e. The Kier molecular flexibility index (Phi) is 9.66. The van der Waals surface area contributed by atoms with Gasteiger partial charge >= 0.3 is 0 Å². The van der Waals surface area contributed by atoms with E-state index in [0.29, 0.717) is 18.9 Å². The molecule has 0 saturated heterocycles. The van der Waals surface area contributed by atoms with Crippen molar-refractivity contribution in [1.29, 1.82) is 0 Å². The molecule has 0 spiro atoms. The summed E-state index contributed by atoms with van der Waals surface area (Å²) in [6.07, 6.45) is 1.65. The Bertz CT molecular complexity index is 480. The van der Waals surface area contributed by atoms with Gasteiger partial charge in [-0.15, -0.1) is 12.4 Å². The minimum atomic E-state index is -0.366. The lowest BCUT2D eigenvalue weighted by molar-refractivity contribution is -0.125. The Balaban J connectivity index is 0.00000400. The number of carbonyl (C=O) groups is 2. The highest BCUT2D eigenvalue weighted by molar-refractivity contribution is 5.85. The Hall–Kier alpha value is -2.05. The summed E-state index contributed by atoms with van der Waals surface area (Å²) in [7, 11) is 0. The molecule has 0 bridgehead atoms. The molecule has 0 aliphatic carbocycles. The topological polar surface area (TPSA) is 93.5 Å². The molecule has 0 fully saturated rings. The predicted octanol–water partition coefficient (Wildman–Crippen LogP) is 0.364. The molecule has 0 radical (unpaired) electrons. The number of hydrogen-bond donors (Lipinski definition) is 3. The number of ether oxygens (including phenoxy) is 1. The molecule has 0 unspecified atom stereocenters. The average Bonchev–Trinajstić information content (AvgIpc) is 2.49. The van der Waals surface area contributed by atoms with E-state index in [2.05, 4.69) is 17.2 Å². The van der Waals surface area contributed by atoms with Crippen molar-refractivity contribution in [2.45, 2.75) is 6.54 Å². The zero-order valence-electron chi connectivity index (χ0n) is 11.6. The molecule has 4 N–H and O–H groups in total. The van der Waals surface area contributed by atoms with Crippen molar-refractivity contribution in [2.24, 2.45) is 5.73 Å². The van der Waals surface area contributed by atoms with Gasteiger partial charge in [-0.05, 0) is 6.07 Å². The van der Waals surface area contributed by atoms with Crippen LogP contribution in [0.25, 0.3) is 0 Å². The maximum atomic E-state index is 11.5. The van der Waals surface area contributed by atoms with Crippen LogP contribution in [0.3, 0.4) is 0 Å². The molecule has 0 atom stereocenters. The number of para-hydroxylation sites is 1. The third-order valence-corrected chi connectivity index (χ3v) is 2.44. The largest absolute Gasteiger partial charge is 0.489 e. The Morgan fingerprint density at radius 3 is 2.62 bits per heavy atom. The first-order valence-corrected chi connectivity index (χ1v) is 6.22. The molecule has 0 saturated carbocycles. The van der Waals surface area contributed by atoms with Gasteiger partial charge in [-0.25, -0.2) is 0 Å². The molecule has 1 rings (SSSR count). The van der Waals surface area contributed by atoms with Crippen molar-refractivity contribution in [2.75, 3.05) is 19.7 Å². The first-order valence-electron chi connectivity index (χ1n) is 6.22. The molecule has 6 nitrogen and oxygen atoms in total. The highest BCUT2D eigenvalue weighted by Gasteiger charge is 2.06. The SMILES string of the molecule is C=CCOc1ccccc1CNC(=O)CNC(=O)CN.Cl. The van der Waals surface area contributed by atoms with Gasteiger partial charge in [-0.2, -0.15) is 0 Å². The van der Waals surface area contributed by atoms with Gasteiger partial charge < -0.3 is 21.1 Å². The van der Waals surface area contributed by atoms with Crippen LogP contribution >= 0.6 is 12.4 Å². The molecule has 21 heavy (non-hydrogen) atoms. The third-order valence-electron chi connectivity index (χ3n) is 2.44. The molecule has 1 aromatic rings. The molecule has 116 valence electrons. The normalized spacial score (nSPS) is 9.19. The van der Waals surface area contributed by atoms with E-state index in [-0.39, 0.29) is 37.3 Å². The molecular weight excluding hydrogens is 294 g/mol. The van der Waals surface area contributed by atoms with E-state index in [9.17, 15) is 9.59 Å². The summed E-state index contributed by atoms with van der Waals surface area (Å²) in [4.78, 5) is 22.5. The van der Waals surface area contributed by atoms with Crippen LogP contribution in [0.4, 0.5) is 0 Å². The molecule has 0 heterocycles. The highest BCUT2D eigenvalue weighted by Crippen LogP contribution is 2.17. The Labute approximate surface area is 130 Å². The maximum absolute atomic E-state index is 11.5. The monoisotopic (exact) mass is 313 g/mol. The number of carbonyl (C=O) groups excluding carboxylic acids is 2. The van der Waals surface area contributed by atoms with Gasteiger partial charge in [0.25, 0.3) is 0 Å². The summed E-state index contributed by atoms with van der Waals surface area (Å²) >= 11 is 0. The zero-order chi connectivity index (χ0) is 14.8. The Morgan fingerprint density at radius 1 is 1.24 bits per heavy atom. The fourth-order valence-electron chi connectivity index (χ4n) is 1.45. The van der Waals surface area contributed by atoms with Crippen LogP contribution in [-0.4, -0.2) is 31.5 Å². The number of nitrogens with one attached hydrogen (secondary N) is 2. The van der Waals surface area contributed by atoms with E-state index in [0.717, 1.165) is 5.56 Å². The van der Waals surface area contributed by atoms with Gasteiger partial charge in [0.15, 0.2) is 0 Å². The molecule has 0 aliphatic rings. The fraction of sp³-hybridized carbons (Fsp3) is 0.286. The van der Waals surface area contributed by atoms with E-state index in [1.165, 1.54) is 0 Å². The number of rotatable bonds is 8. The quantitative estimate of drug-likeness (QED) is 0.604. The van der Waals surface area contributed by atoms with Crippen LogP contribution in [0.1, 0.15) is 5.56 Å². The van der Waals surface area contributed by atoms with Crippen molar-refractivity contribution in [3.63, 3.8) is 0 Å². The standard InChI is InChI=1S/C14H19N3O3.ClH/c1-2-7-20-12-6-4-3-5-11(12)9-16-14(19)10-17-13(18)8-15;/h2-6H,1,7-10,15H2,(H,16,19)(H,17,18);1H. The van der Waals surface area contributed by atoms with Crippen LogP contribution in [0.5, 0.6) is 5.75 Å². The number of halogens is 1. The summed E-state index contributed by atoms with van der Waals surface area (Å²) in [6, 6.07) is 7.39. The van der Waals surface area contributed by atoms with Gasteiger partial charge in [-0.3, -0.25) is 9.59 Å². The van der Waals surface area contributed by atoms with Crippen molar-refractivity contribution < 1.29 is 14.3 Å². The van der Waals surface area contributed by atoms with E-state index in [4.69, 9.17) is 10.5 Å². The second kappa shape index (κ2) is 10.7.